The van der Waals surface area contributed by atoms with Crippen molar-refractivity contribution in [2.75, 3.05) is 5.32 Å². The fourth-order valence-corrected chi connectivity index (χ4v) is 3.11. The van der Waals surface area contributed by atoms with E-state index in [2.05, 4.69) is 30.8 Å². The Hall–Kier alpha value is -3.85. The van der Waals surface area contributed by atoms with E-state index in [0.717, 1.165) is 5.56 Å². The van der Waals surface area contributed by atoms with E-state index < -0.39 is 5.91 Å². The van der Waals surface area contributed by atoms with Crippen LogP contribution in [0.25, 0.3) is 11.0 Å². The second-order valence-electron chi connectivity index (χ2n) is 5.69. The summed E-state index contributed by atoms with van der Waals surface area (Å²) >= 11 is 1.33. The third-order valence-electron chi connectivity index (χ3n) is 3.82. The number of hydrogen-bond acceptors (Lipinski definition) is 7. The number of hydrogen-bond donors (Lipinski definition) is 2. The molecule has 9 heteroatoms. The zero-order valence-corrected chi connectivity index (χ0v) is 15.1. The molecular weight excluding hydrogens is 378 g/mol. The molecule has 0 fully saturated rings. The topological polar surface area (TPSA) is 109 Å². The molecule has 2 aromatic carbocycles. The minimum Gasteiger partial charge on any atom is -0.321 e. The number of hydrazone groups is 1. The summed E-state index contributed by atoms with van der Waals surface area (Å²) in [5.41, 5.74) is 5.13. The number of benzene rings is 2. The molecule has 4 aromatic rings. The van der Waals surface area contributed by atoms with Gasteiger partial charge in [0.1, 0.15) is 11.0 Å². The van der Waals surface area contributed by atoms with Crippen molar-refractivity contribution in [3.05, 3.63) is 76.0 Å². The van der Waals surface area contributed by atoms with Crippen LogP contribution in [0.5, 0.6) is 0 Å². The molecule has 28 heavy (non-hydrogen) atoms. The van der Waals surface area contributed by atoms with Gasteiger partial charge >= 0.3 is 0 Å². The molecule has 138 valence electrons. The first-order valence-corrected chi connectivity index (χ1v) is 9.08. The van der Waals surface area contributed by atoms with Gasteiger partial charge in [0.2, 0.25) is 0 Å². The highest BCUT2D eigenvalue weighted by Gasteiger charge is 2.14. The molecular formula is C19H13N5O3S. The highest BCUT2D eigenvalue weighted by atomic mass is 32.1. The van der Waals surface area contributed by atoms with Gasteiger partial charge in [-0.05, 0) is 51.6 Å². The summed E-state index contributed by atoms with van der Waals surface area (Å²) in [6.07, 6.45) is 1.48. The molecule has 0 atom stereocenters. The average molecular weight is 391 g/mol. The first-order chi connectivity index (χ1) is 13.7. The highest BCUT2D eigenvalue weighted by molar-refractivity contribution is 7.12. The Morgan fingerprint density at radius 2 is 1.86 bits per heavy atom. The molecule has 2 heterocycles. The van der Waals surface area contributed by atoms with E-state index in [1.54, 1.807) is 54.6 Å². The van der Waals surface area contributed by atoms with Crippen molar-refractivity contribution >= 4 is 46.1 Å². The number of nitrogens with one attached hydrogen (secondary N) is 2. The Labute approximate surface area is 162 Å². The molecule has 0 aliphatic heterocycles. The minimum atomic E-state index is -0.442. The first-order valence-electron chi connectivity index (χ1n) is 8.20. The van der Waals surface area contributed by atoms with Gasteiger partial charge in [-0.15, -0.1) is 11.3 Å². The zero-order chi connectivity index (χ0) is 19.3. The molecule has 0 saturated carbocycles. The number of fused-ring (bicyclic) bond motifs is 1. The number of thiophene rings is 1. The normalized spacial score (nSPS) is 11.0. The molecule has 0 saturated heterocycles. The van der Waals surface area contributed by atoms with Crippen molar-refractivity contribution in [3.63, 3.8) is 0 Å². The molecule has 0 radical (unpaired) electrons. The smallest absolute Gasteiger partial charge is 0.273 e. The zero-order valence-electron chi connectivity index (χ0n) is 14.3. The monoisotopic (exact) mass is 391 g/mol. The Morgan fingerprint density at radius 1 is 1.00 bits per heavy atom. The molecule has 2 aromatic heterocycles. The van der Waals surface area contributed by atoms with E-state index in [0.29, 0.717) is 27.2 Å². The maximum absolute atomic E-state index is 12.5. The van der Waals surface area contributed by atoms with Crippen LogP contribution in [-0.4, -0.2) is 28.3 Å². The summed E-state index contributed by atoms with van der Waals surface area (Å²) < 4.78 is 4.64. The van der Waals surface area contributed by atoms with Crippen LogP contribution in [0, 0.1) is 0 Å². The minimum absolute atomic E-state index is 0.270. The van der Waals surface area contributed by atoms with Crippen molar-refractivity contribution in [2.24, 2.45) is 5.10 Å². The molecule has 0 aliphatic carbocycles. The molecule has 8 nitrogen and oxygen atoms in total. The third kappa shape index (κ3) is 3.79. The van der Waals surface area contributed by atoms with E-state index in [1.165, 1.54) is 17.6 Å². The number of para-hydroxylation sites is 1. The summed E-state index contributed by atoms with van der Waals surface area (Å²) in [5, 5.41) is 16.0. The van der Waals surface area contributed by atoms with Gasteiger partial charge in [-0.1, -0.05) is 24.3 Å². The Bertz CT molecular complexity index is 1170. The maximum atomic E-state index is 12.5. The molecule has 0 bridgehead atoms. The number of aromatic nitrogens is 2. The second-order valence-corrected chi connectivity index (χ2v) is 6.64. The van der Waals surface area contributed by atoms with Gasteiger partial charge in [-0.3, -0.25) is 9.59 Å². The van der Waals surface area contributed by atoms with E-state index in [9.17, 15) is 9.59 Å². The van der Waals surface area contributed by atoms with Gasteiger partial charge in [-0.2, -0.15) is 5.10 Å². The molecule has 2 amide bonds. The molecule has 0 spiro atoms. The van der Waals surface area contributed by atoms with Crippen LogP contribution >= 0.6 is 11.3 Å². The first kappa shape index (κ1) is 17.6. The number of carbonyl (C=O) groups excluding carboxylic acids is 2. The quantitative estimate of drug-likeness (QED) is 0.401. The van der Waals surface area contributed by atoms with E-state index in [-0.39, 0.29) is 5.91 Å². The Kier molecular flexibility index (Phi) is 4.89. The van der Waals surface area contributed by atoms with Crippen LogP contribution in [0.1, 0.15) is 25.6 Å². The van der Waals surface area contributed by atoms with E-state index >= 15 is 0 Å². The van der Waals surface area contributed by atoms with Gasteiger partial charge in [0.25, 0.3) is 11.8 Å². The lowest BCUT2D eigenvalue weighted by molar-refractivity contribution is 0.0956. The Morgan fingerprint density at radius 3 is 2.71 bits per heavy atom. The average Bonchev–Trinajstić information content (AvgIpc) is 3.40. The van der Waals surface area contributed by atoms with Gasteiger partial charge in [0.15, 0.2) is 0 Å². The van der Waals surface area contributed by atoms with Crippen molar-refractivity contribution in [2.45, 2.75) is 0 Å². The van der Waals surface area contributed by atoms with Gasteiger partial charge in [0, 0.05) is 0 Å². The van der Waals surface area contributed by atoms with E-state index in [1.807, 2.05) is 5.38 Å². The van der Waals surface area contributed by atoms with Crippen LogP contribution in [-0.2, 0) is 0 Å². The van der Waals surface area contributed by atoms with Crippen LogP contribution in [0.4, 0.5) is 5.69 Å². The molecule has 0 aliphatic rings. The molecule has 2 N–H and O–H groups in total. The van der Waals surface area contributed by atoms with Gasteiger partial charge in [0.05, 0.1) is 22.3 Å². The Balaban J connectivity index is 1.46. The lowest BCUT2D eigenvalue weighted by Crippen LogP contribution is -2.21. The van der Waals surface area contributed by atoms with E-state index in [4.69, 9.17) is 0 Å². The largest absolute Gasteiger partial charge is 0.321 e. The van der Waals surface area contributed by atoms with Crippen LogP contribution < -0.4 is 10.7 Å². The van der Waals surface area contributed by atoms with Crippen molar-refractivity contribution < 1.29 is 14.2 Å². The highest BCUT2D eigenvalue weighted by Crippen LogP contribution is 2.18. The molecule has 0 unspecified atom stereocenters. The lowest BCUT2D eigenvalue weighted by Gasteiger charge is -2.09. The van der Waals surface area contributed by atoms with Crippen molar-refractivity contribution in [1.29, 1.82) is 0 Å². The van der Waals surface area contributed by atoms with Crippen LogP contribution in [0.3, 0.4) is 0 Å². The predicted molar refractivity (Wildman–Crippen MR) is 106 cm³/mol. The van der Waals surface area contributed by atoms with Crippen molar-refractivity contribution in [3.8, 4) is 0 Å². The standard InChI is InChI=1S/C19H13N5O3S/c25-18(22-20-11-12-7-8-15-16(10-12)24-27-23-15)13-4-1-2-5-14(13)21-19(26)17-6-3-9-28-17/h1-11H,(H,21,26)(H,22,25)/b20-11-. The van der Waals surface area contributed by atoms with Crippen LogP contribution in [0.15, 0.2) is 69.7 Å². The number of nitrogens with zero attached hydrogens (tertiary/aromatic N) is 3. The van der Waals surface area contributed by atoms with Gasteiger partial charge < -0.3 is 5.32 Å². The number of anilines is 1. The number of amides is 2. The SMILES string of the molecule is O=C(Nc1ccccc1C(=O)N/N=C\c1ccc2nonc2c1)c1cccs1. The summed E-state index contributed by atoms with van der Waals surface area (Å²) in [6.45, 7) is 0. The summed E-state index contributed by atoms with van der Waals surface area (Å²) in [6, 6.07) is 15.5. The molecule has 4 rings (SSSR count). The van der Waals surface area contributed by atoms with Crippen molar-refractivity contribution in [1.82, 2.24) is 15.7 Å². The fraction of sp³-hybridized carbons (Fsp3) is 0. The summed E-state index contributed by atoms with van der Waals surface area (Å²) in [4.78, 5) is 25.3. The number of carbonyl (C=O) groups is 2. The van der Waals surface area contributed by atoms with Gasteiger partial charge in [-0.25, -0.2) is 10.1 Å². The summed E-state index contributed by atoms with van der Waals surface area (Å²) in [7, 11) is 0. The predicted octanol–water partition coefficient (Wildman–Crippen LogP) is 3.30. The maximum Gasteiger partial charge on any atom is 0.273 e. The summed E-state index contributed by atoms with van der Waals surface area (Å²) in [5.74, 6) is -0.712. The third-order valence-corrected chi connectivity index (χ3v) is 4.69. The fourth-order valence-electron chi connectivity index (χ4n) is 2.49. The second kappa shape index (κ2) is 7.80. The number of rotatable bonds is 5. The lowest BCUT2D eigenvalue weighted by atomic mass is 10.1. The van der Waals surface area contributed by atoms with Crippen LogP contribution in [0.2, 0.25) is 0 Å².